The number of thioether (sulfide) groups is 1. The third-order valence-electron chi connectivity index (χ3n) is 4.57. The van der Waals surface area contributed by atoms with Gasteiger partial charge >= 0.3 is 11.7 Å². The SMILES string of the molecule is CCCOC(=O)C(c1ccccc1)N1C(=O)/C(=C/c2ccc(OC)c([N+](=O)[O-])c2)SC1=S. The second kappa shape index (κ2) is 10.4. The second-order valence-corrected chi connectivity index (χ2v) is 8.40. The lowest BCUT2D eigenvalue weighted by Crippen LogP contribution is -2.38. The van der Waals surface area contributed by atoms with Crippen LogP contribution in [0.5, 0.6) is 5.75 Å². The van der Waals surface area contributed by atoms with Crippen molar-refractivity contribution in [2.75, 3.05) is 13.7 Å². The van der Waals surface area contributed by atoms with Gasteiger partial charge in [0.1, 0.15) is 4.32 Å². The fraction of sp³-hybridized carbons (Fsp3) is 0.227. The molecule has 0 bridgehead atoms. The van der Waals surface area contributed by atoms with E-state index in [0.29, 0.717) is 17.5 Å². The maximum absolute atomic E-state index is 13.2. The van der Waals surface area contributed by atoms with Gasteiger partial charge < -0.3 is 9.47 Å². The van der Waals surface area contributed by atoms with Crippen molar-refractivity contribution < 1.29 is 24.0 Å². The van der Waals surface area contributed by atoms with Crippen molar-refractivity contribution in [2.24, 2.45) is 0 Å². The fourth-order valence-corrected chi connectivity index (χ4v) is 4.41. The molecule has 10 heteroatoms. The van der Waals surface area contributed by atoms with Gasteiger partial charge in [0.05, 0.1) is 23.5 Å². The minimum atomic E-state index is -1.02. The first-order valence-electron chi connectivity index (χ1n) is 9.68. The number of carbonyl (C=O) groups excluding carboxylic acids is 2. The summed E-state index contributed by atoms with van der Waals surface area (Å²) >= 11 is 6.44. The topological polar surface area (TPSA) is 99.0 Å². The van der Waals surface area contributed by atoms with Crippen LogP contribution in [0.25, 0.3) is 6.08 Å². The number of esters is 1. The van der Waals surface area contributed by atoms with E-state index in [1.54, 1.807) is 36.4 Å². The number of nitro benzene ring substituents is 1. The Hall–Kier alpha value is -3.24. The van der Waals surface area contributed by atoms with Gasteiger partial charge in [0, 0.05) is 6.07 Å². The van der Waals surface area contributed by atoms with Crippen LogP contribution in [0.15, 0.2) is 53.4 Å². The van der Waals surface area contributed by atoms with Gasteiger partial charge in [-0.25, -0.2) is 4.79 Å². The monoisotopic (exact) mass is 472 g/mol. The number of hydrogen-bond donors (Lipinski definition) is 0. The van der Waals surface area contributed by atoms with Crippen molar-refractivity contribution in [3.05, 3.63) is 74.7 Å². The summed E-state index contributed by atoms with van der Waals surface area (Å²) in [6.45, 7) is 2.10. The van der Waals surface area contributed by atoms with E-state index in [-0.39, 0.29) is 27.3 Å². The lowest BCUT2D eigenvalue weighted by molar-refractivity contribution is -0.385. The van der Waals surface area contributed by atoms with Crippen molar-refractivity contribution in [1.82, 2.24) is 4.90 Å². The Morgan fingerprint density at radius 1 is 1.28 bits per heavy atom. The van der Waals surface area contributed by atoms with Crippen molar-refractivity contribution >= 4 is 51.9 Å². The molecule has 2 aromatic carbocycles. The third-order valence-corrected chi connectivity index (χ3v) is 5.90. The second-order valence-electron chi connectivity index (χ2n) is 6.72. The molecule has 1 aliphatic heterocycles. The largest absolute Gasteiger partial charge is 0.490 e. The number of nitrogens with zero attached hydrogens (tertiary/aromatic N) is 2. The number of amides is 1. The van der Waals surface area contributed by atoms with E-state index >= 15 is 0 Å². The fourth-order valence-electron chi connectivity index (χ4n) is 3.10. The maximum atomic E-state index is 13.2. The van der Waals surface area contributed by atoms with Crippen molar-refractivity contribution in [1.29, 1.82) is 0 Å². The molecule has 32 heavy (non-hydrogen) atoms. The van der Waals surface area contributed by atoms with Gasteiger partial charge in [0.25, 0.3) is 5.91 Å². The number of thiocarbonyl (C=S) groups is 1. The minimum absolute atomic E-state index is 0.113. The predicted molar refractivity (Wildman–Crippen MR) is 125 cm³/mol. The van der Waals surface area contributed by atoms with E-state index in [0.717, 1.165) is 11.8 Å². The summed E-state index contributed by atoms with van der Waals surface area (Å²) in [5.74, 6) is -0.932. The summed E-state index contributed by atoms with van der Waals surface area (Å²) in [5.41, 5.74) is 0.788. The molecular weight excluding hydrogens is 452 g/mol. The Morgan fingerprint density at radius 2 is 2.00 bits per heavy atom. The highest BCUT2D eigenvalue weighted by molar-refractivity contribution is 8.26. The lowest BCUT2D eigenvalue weighted by Gasteiger charge is -2.25. The molecule has 0 saturated carbocycles. The summed E-state index contributed by atoms with van der Waals surface area (Å²) in [6.07, 6.45) is 2.15. The quantitative estimate of drug-likeness (QED) is 0.182. The molecule has 0 N–H and O–H groups in total. The zero-order chi connectivity index (χ0) is 23.3. The molecule has 1 atom stereocenters. The first kappa shape index (κ1) is 23.4. The highest BCUT2D eigenvalue weighted by Gasteiger charge is 2.42. The van der Waals surface area contributed by atoms with Gasteiger partial charge in [-0.3, -0.25) is 19.8 Å². The van der Waals surface area contributed by atoms with Crippen LogP contribution in [0.1, 0.15) is 30.5 Å². The van der Waals surface area contributed by atoms with Gasteiger partial charge in [-0.2, -0.15) is 0 Å². The highest BCUT2D eigenvalue weighted by Crippen LogP contribution is 2.39. The molecule has 166 valence electrons. The number of carbonyl (C=O) groups is 2. The molecule has 0 radical (unpaired) electrons. The number of ether oxygens (including phenoxy) is 2. The summed E-state index contributed by atoms with van der Waals surface area (Å²) in [5, 5.41) is 11.3. The molecule has 0 aromatic heterocycles. The van der Waals surface area contributed by atoms with E-state index in [1.165, 1.54) is 30.2 Å². The van der Waals surface area contributed by atoms with Gasteiger partial charge in [-0.05, 0) is 29.7 Å². The summed E-state index contributed by atoms with van der Waals surface area (Å²) < 4.78 is 10.5. The average molecular weight is 473 g/mol. The zero-order valence-corrected chi connectivity index (χ0v) is 19.0. The molecule has 0 aliphatic carbocycles. The minimum Gasteiger partial charge on any atom is -0.490 e. The number of hydrogen-bond acceptors (Lipinski definition) is 8. The molecule has 1 heterocycles. The number of methoxy groups -OCH3 is 1. The average Bonchev–Trinajstić information content (AvgIpc) is 3.06. The molecular formula is C22H20N2O6S2. The van der Waals surface area contributed by atoms with Crippen LogP contribution in [0, 0.1) is 10.1 Å². The first-order valence-corrected chi connectivity index (χ1v) is 10.9. The van der Waals surface area contributed by atoms with Crippen LogP contribution in [-0.2, 0) is 14.3 Å². The van der Waals surface area contributed by atoms with Crippen LogP contribution in [0.4, 0.5) is 5.69 Å². The highest BCUT2D eigenvalue weighted by atomic mass is 32.2. The summed E-state index contributed by atoms with van der Waals surface area (Å²) in [6, 6.07) is 12.1. The lowest BCUT2D eigenvalue weighted by atomic mass is 10.1. The predicted octanol–water partition coefficient (Wildman–Crippen LogP) is 4.50. The van der Waals surface area contributed by atoms with Gasteiger partial charge in [0.2, 0.25) is 0 Å². The molecule has 0 spiro atoms. The molecule has 1 amide bonds. The van der Waals surface area contributed by atoms with Gasteiger partial charge in [0.15, 0.2) is 11.8 Å². The van der Waals surface area contributed by atoms with Crippen LogP contribution in [0.3, 0.4) is 0 Å². The van der Waals surface area contributed by atoms with Gasteiger partial charge in [-0.1, -0.05) is 67.3 Å². The van der Waals surface area contributed by atoms with E-state index in [2.05, 4.69) is 0 Å². The van der Waals surface area contributed by atoms with Crippen LogP contribution in [0.2, 0.25) is 0 Å². The Kier molecular flexibility index (Phi) is 7.60. The standard InChI is InChI=1S/C22H20N2O6S2/c1-3-11-30-21(26)19(15-7-5-4-6-8-15)23-20(25)18(32-22(23)31)13-14-9-10-17(29-2)16(12-14)24(27)28/h4-10,12-13,19H,3,11H2,1-2H3/b18-13-. The normalized spacial score (nSPS) is 15.7. The van der Waals surface area contributed by atoms with Crippen LogP contribution in [-0.4, -0.2) is 39.7 Å². The Bertz CT molecular complexity index is 1090. The molecule has 1 unspecified atom stereocenters. The Balaban J connectivity index is 1.97. The smallest absolute Gasteiger partial charge is 0.333 e. The number of nitro groups is 1. The molecule has 3 rings (SSSR count). The van der Waals surface area contributed by atoms with E-state index in [1.807, 2.05) is 6.92 Å². The van der Waals surface area contributed by atoms with E-state index in [4.69, 9.17) is 21.7 Å². The van der Waals surface area contributed by atoms with Crippen molar-refractivity contribution in [2.45, 2.75) is 19.4 Å². The summed E-state index contributed by atoms with van der Waals surface area (Å²) in [4.78, 5) is 38.3. The molecule has 1 aliphatic rings. The molecule has 1 saturated heterocycles. The van der Waals surface area contributed by atoms with E-state index < -0.39 is 22.8 Å². The number of benzene rings is 2. The first-order chi connectivity index (χ1) is 15.4. The third kappa shape index (κ3) is 4.97. The Labute approximate surface area is 194 Å². The summed E-state index contributed by atoms with van der Waals surface area (Å²) in [7, 11) is 1.34. The molecule has 1 fully saturated rings. The van der Waals surface area contributed by atoms with Crippen LogP contribution >= 0.6 is 24.0 Å². The maximum Gasteiger partial charge on any atom is 0.333 e. The zero-order valence-electron chi connectivity index (χ0n) is 17.3. The van der Waals surface area contributed by atoms with Gasteiger partial charge in [-0.15, -0.1) is 0 Å². The van der Waals surface area contributed by atoms with E-state index in [9.17, 15) is 19.7 Å². The van der Waals surface area contributed by atoms with Crippen LogP contribution < -0.4 is 4.74 Å². The number of rotatable bonds is 8. The van der Waals surface area contributed by atoms with Crippen molar-refractivity contribution in [3.63, 3.8) is 0 Å². The Morgan fingerprint density at radius 3 is 2.62 bits per heavy atom. The van der Waals surface area contributed by atoms with Crippen molar-refractivity contribution in [3.8, 4) is 5.75 Å². The molecule has 8 nitrogen and oxygen atoms in total. The molecule has 2 aromatic rings.